The molecule has 4 heteroatoms. The number of anilines is 2. The number of amides is 1. The third-order valence-electron chi connectivity index (χ3n) is 3.40. The molecule has 98 valence electrons. The lowest BCUT2D eigenvalue weighted by Crippen LogP contribution is -2.25. The van der Waals surface area contributed by atoms with E-state index in [-0.39, 0.29) is 5.91 Å². The Hall–Kier alpha value is -2.23. The van der Waals surface area contributed by atoms with Gasteiger partial charge in [-0.15, -0.1) is 0 Å². The SMILES string of the molecule is CC(=O)N1CCc2cc(NCc3ccco3)ccc21. The molecule has 0 bridgehead atoms. The van der Waals surface area contributed by atoms with Crippen molar-refractivity contribution in [2.75, 3.05) is 16.8 Å². The maximum absolute atomic E-state index is 11.5. The van der Waals surface area contributed by atoms with Gasteiger partial charge < -0.3 is 14.6 Å². The zero-order valence-corrected chi connectivity index (χ0v) is 10.8. The van der Waals surface area contributed by atoms with Crippen molar-refractivity contribution in [2.24, 2.45) is 0 Å². The Labute approximate surface area is 112 Å². The fourth-order valence-corrected chi connectivity index (χ4v) is 2.44. The van der Waals surface area contributed by atoms with E-state index in [4.69, 9.17) is 4.42 Å². The van der Waals surface area contributed by atoms with E-state index in [1.807, 2.05) is 29.2 Å². The molecule has 0 fully saturated rings. The largest absolute Gasteiger partial charge is 0.467 e. The van der Waals surface area contributed by atoms with Gasteiger partial charge in [0.25, 0.3) is 0 Å². The third kappa shape index (κ3) is 2.34. The maximum Gasteiger partial charge on any atom is 0.223 e. The van der Waals surface area contributed by atoms with Gasteiger partial charge in [-0.25, -0.2) is 0 Å². The normalized spacial score (nSPS) is 13.4. The minimum absolute atomic E-state index is 0.107. The van der Waals surface area contributed by atoms with Crippen LogP contribution in [0.1, 0.15) is 18.2 Å². The Morgan fingerprint density at radius 1 is 1.42 bits per heavy atom. The Bertz CT molecular complexity index is 590. The van der Waals surface area contributed by atoms with Crippen LogP contribution in [-0.2, 0) is 17.8 Å². The number of nitrogens with zero attached hydrogens (tertiary/aromatic N) is 1. The molecule has 2 aromatic rings. The first-order chi connectivity index (χ1) is 9.24. The van der Waals surface area contributed by atoms with E-state index in [1.165, 1.54) is 5.56 Å². The van der Waals surface area contributed by atoms with E-state index in [0.29, 0.717) is 6.54 Å². The van der Waals surface area contributed by atoms with Crippen molar-refractivity contribution < 1.29 is 9.21 Å². The molecule has 0 spiro atoms. The second-order valence-electron chi connectivity index (χ2n) is 4.70. The summed E-state index contributed by atoms with van der Waals surface area (Å²) in [6.45, 7) is 3.06. The molecule has 1 aliphatic rings. The van der Waals surface area contributed by atoms with Crippen LogP contribution < -0.4 is 10.2 Å². The first-order valence-electron chi connectivity index (χ1n) is 6.41. The molecule has 2 heterocycles. The van der Waals surface area contributed by atoms with Crippen LogP contribution in [0.3, 0.4) is 0 Å². The Balaban J connectivity index is 1.74. The Kier molecular flexibility index (Phi) is 2.99. The Morgan fingerprint density at radius 3 is 3.05 bits per heavy atom. The first kappa shape index (κ1) is 11.8. The molecule has 3 rings (SSSR count). The molecule has 0 atom stereocenters. The van der Waals surface area contributed by atoms with E-state index >= 15 is 0 Å². The van der Waals surface area contributed by atoms with Gasteiger partial charge in [0.1, 0.15) is 5.76 Å². The lowest BCUT2D eigenvalue weighted by Gasteiger charge is -2.15. The van der Waals surface area contributed by atoms with Gasteiger partial charge >= 0.3 is 0 Å². The summed E-state index contributed by atoms with van der Waals surface area (Å²) in [5, 5.41) is 3.32. The van der Waals surface area contributed by atoms with Gasteiger partial charge in [0.15, 0.2) is 0 Å². The predicted octanol–water partition coefficient (Wildman–Crippen LogP) is 2.80. The molecule has 0 radical (unpaired) electrons. The van der Waals surface area contributed by atoms with Crippen LogP contribution in [0.25, 0.3) is 0 Å². The smallest absolute Gasteiger partial charge is 0.223 e. The molecule has 1 aromatic heterocycles. The molecule has 19 heavy (non-hydrogen) atoms. The van der Waals surface area contributed by atoms with Gasteiger partial charge in [0, 0.05) is 24.8 Å². The van der Waals surface area contributed by atoms with Gasteiger partial charge in [-0.3, -0.25) is 4.79 Å². The summed E-state index contributed by atoms with van der Waals surface area (Å²) in [6.07, 6.45) is 2.59. The molecule has 4 nitrogen and oxygen atoms in total. The number of carbonyl (C=O) groups excluding carboxylic acids is 1. The summed E-state index contributed by atoms with van der Waals surface area (Å²) in [4.78, 5) is 13.3. The number of furan rings is 1. The highest BCUT2D eigenvalue weighted by Gasteiger charge is 2.21. The van der Waals surface area contributed by atoms with Crippen LogP contribution in [0.4, 0.5) is 11.4 Å². The van der Waals surface area contributed by atoms with Crippen LogP contribution in [-0.4, -0.2) is 12.5 Å². The van der Waals surface area contributed by atoms with E-state index < -0.39 is 0 Å². The van der Waals surface area contributed by atoms with E-state index in [9.17, 15) is 4.79 Å². The topological polar surface area (TPSA) is 45.5 Å². The Morgan fingerprint density at radius 2 is 2.32 bits per heavy atom. The van der Waals surface area contributed by atoms with E-state index in [1.54, 1.807) is 13.2 Å². The number of hydrogen-bond acceptors (Lipinski definition) is 3. The predicted molar refractivity (Wildman–Crippen MR) is 74.2 cm³/mol. The fraction of sp³-hybridized carbons (Fsp3) is 0.267. The number of nitrogens with one attached hydrogen (secondary N) is 1. The molecule has 0 unspecified atom stereocenters. The molecule has 1 N–H and O–H groups in total. The second kappa shape index (κ2) is 4.80. The minimum atomic E-state index is 0.107. The highest BCUT2D eigenvalue weighted by atomic mass is 16.3. The second-order valence-corrected chi connectivity index (χ2v) is 4.70. The number of hydrogen-bond donors (Lipinski definition) is 1. The summed E-state index contributed by atoms with van der Waals surface area (Å²) in [6, 6.07) is 9.95. The molecule has 0 saturated heterocycles. The summed E-state index contributed by atoms with van der Waals surface area (Å²) >= 11 is 0. The summed E-state index contributed by atoms with van der Waals surface area (Å²) in [5.74, 6) is 1.01. The molecule has 0 saturated carbocycles. The summed E-state index contributed by atoms with van der Waals surface area (Å²) in [7, 11) is 0. The van der Waals surface area contributed by atoms with Crippen molar-refractivity contribution in [1.29, 1.82) is 0 Å². The van der Waals surface area contributed by atoms with Crippen LogP contribution in [0.15, 0.2) is 41.0 Å². The van der Waals surface area contributed by atoms with Crippen LogP contribution >= 0.6 is 0 Å². The van der Waals surface area contributed by atoms with Crippen LogP contribution in [0.2, 0.25) is 0 Å². The van der Waals surface area contributed by atoms with Crippen molar-refractivity contribution >= 4 is 17.3 Å². The number of rotatable bonds is 3. The van der Waals surface area contributed by atoms with Gasteiger partial charge in [0.05, 0.1) is 12.8 Å². The van der Waals surface area contributed by atoms with Crippen molar-refractivity contribution in [3.63, 3.8) is 0 Å². The van der Waals surface area contributed by atoms with Crippen molar-refractivity contribution in [1.82, 2.24) is 0 Å². The van der Waals surface area contributed by atoms with Gasteiger partial charge in [-0.05, 0) is 42.3 Å². The van der Waals surface area contributed by atoms with Gasteiger partial charge in [-0.2, -0.15) is 0 Å². The number of fused-ring (bicyclic) bond motifs is 1. The lowest BCUT2D eigenvalue weighted by atomic mass is 10.1. The zero-order valence-electron chi connectivity index (χ0n) is 10.8. The molecular formula is C15H16N2O2. The van der Waals surface area contributed by atoms with Crippen molar-refractivity contribution in [3.8, 4) is 0 Å². The van der Waals surface area contributed by atoms with Crippen LogP contribution in [0, 0.1) is 0 Å². The molecule has 1 aromatic carbocycles. The minimum Gasteiger partial charge on any atom is -0.467 e. The molecule has 1 aliphatic heterocycles. The van der Waals surface area contributed by atoms with E-state index in [0.717, 1.165) is 30.1 Å². The maximum atomic E-state index is 11.5. The third-order valence-corrected chi connectivity index (χ3v) is 3.40. The van der Waals surface area contributed by atoms with Gasteiger partial charge in [0.2, 0.25) is 5.91 Å². The quantitative estimate of drug-likeness (QED) is 0.918. The molecule has 1 amide bonds. The van der Waals surface area contributed by atoms with E-state index in [2.05, 4.69) is 11.4 Å². The van der Waals surface area contributed by atoms with Gasteiger partial charge in [-0.1, -0.05) is 0 Å². The first-order valence-corrected chi connectivity index (χ1v) is 6.41. The van der Waals surface area contributed by atoms with Crippen LogP contribution in [0.5, 0.6) is 0 Å². The number of carbonyl (C=O) groups is 1. The average molecular weight is 256 g/mol. The van der Waals surface area contributed by atoms with Crippen molar-refractivity contribution in [2.45, 2.75) is 19.9 Å². The summed E-state index contributed by atoms with van der Waals surface area (Å²) < 4.78 is 5.28. The highest BCUT2D eigenvalue weighted by Crippen LogP contribution is 2.30. The average Bonchev–Trinajstić information content (AvgIpc) is 3.05. The zero-order chi connectivity index (χ0) is 13.2. The molecule has 0 aliphatic carbocycles. The number of benzene rings is 1. The lowest BCUT2D eigenvalue weighted by molar-refractivity contribution is -0.116. The van der Waals surface area contributed by atoms with Crippen molar-refractivity contribution in [3.05, 3.63) is 47.9 Å². The standard InChI is InChI=1S/C15H16N2O2/c1-11(18)17-7-6-12-9-13(4-5-15(12)17)16-10-14-3-2-8-19-14/h2-5,8-9,16H,6-7,10H2,1H3. The fourth-order valence-electron chi connectivity index (χ4n) is 2.44. The molecular weight excluding hydrogens is 240 g/mol. The highest BCUT2D eigenvalue weighted by molar-refractivity contribution is 5.94. The summed E-state index contributed by atoms with van der Waals surface area (Å²) in [5.41, 5.74) is 3.32. The monoisotopic (exact) mass is 256 g/mol.